The highest BCUT2D eigenvalue weighted by Crippen LogP contribution is 2.47. The Morgan fingerprint density at radius 2 is 1.68 bits per heavy atom. The van der Waals surface area contributed by atoms with Crippen molar-refractivity contribution in [2.45, 2.75) is 103 Å². The lowest BCUT2D eigenvalue weighted by Crippen LogP contribution is -2.60. The van der Waals surface area contributed by atoms with Crippen molar-refractivity contribution in [1.82, 2.24) is 39.9 Å². The van der Waals surface area contributed by atoms with Gasteiger partial charge in [-0.05, 0) is 98.2 Å². The number of benzene rings is 3. The Balaban J connectivity index is 0.796. The van der Waals surface area contributed by atoms with Gasteiger partial charge in [0.1, 0.15) is 34.9 Å². The molecule has 4 fully saturated rings. The number of fused-ring (bicyclic) bond motifs is 3. The number of pyridine rings is 1. The maximum absolute atomic E-state index is 17.4. The molecule has 0 spiro atoms. The largest absolute Gasteiger partial charge is 0.508 e. The first-order chi connectivity index (χ1) is 37.3. The lowest BCUT2D eigenvalue weighted by molar-refractivity contribution is -0.136. The van der Waals surface area contributed by atoms with Gasteiger partial charge >= 0.3 is 6.01 Å². The summed E-state index contributed by atoms with van der Waals surface area (Å²) in [5.41, 5.74) is 2.41. The smallest absolute Gasteiger partial charge is 0.319 e. The number of piperazine rings is 2. The molecule has 0 radical (unpaired) electrons. The fourth-order valence-electron chi connectivity index (χ4n) is 12.3. The van der Waals surface area contributed by atoms with Gasteiger partial charge in [0.25, 0.3) is 5.91 Å². The quantitative estimate of drug-likeness (QED) is 0.0671. The van der Waals surface area contributed by atoms with E-state index in [0.717, 1.165) is 108 Å². The number of piperidine rings is 1. The minimum Gasteiger partial charge on any atom is -0.508 e. The molecule has 2 N–H and O–H groups in total. The molecule has 406 valence electrons. The number of hydrogen-bond acceptors (Lipinski definition) is 13. The van der Waals surface area contributed by atoms with E-state index >= 15 is 8.78 Å². The summed E-state index contributed by atoms with van der Waals surface area (Å²) in [6.45, 7) is 15.3. The van der Waals surface area contributed by atoms with E-state index in [4.69, 9.17) is 21.1 Å². The number of ether oxygens (including phenoxy) is 1. The number of nitrogens with one attached hydrogen (secondary N) is 1. The third-order valence-electron chi connectivity index (χ3n) is 17.0. The van der Waals surface area contributed by atoms with Crippen LogP contribution in [-0.4, -0.2) is 161 Å². The average molecular weight is 1050 g/mol. The maximum atomic E-state index is 17.4. The molecule has 3 atom stereocenters. The molecule has 77 heavy (non-hydrogen) atoms. The number of aromatic hydroxyl groups is 1. The Kier molecular flexibility index (Phi) is 15.6. The first kappa shape index (κ1) is 53.4. The van der Waals surface area contributed by atoms with Gasteiger partial charge in [-0.3, -0.25) is 19.4 Å². The average Bonchev–Trinajstić information content (AvgIpc) is 4.19. The lowest BCUT2D eigenvalue weighted by atomic mass is 9.95. The summed E-state index contributed by atoms with van der Waals surface area (Å²) in [7, 11) is 1.56. The van der Waals surface area contributed by atoms with Crippen LogP contribution < -0.4 is 19.9 Å². The van der Waals surface area contributed by atoms with Crippen LogP contribution in [0.1, 0.15) is 100 Å². The molecule has 16 nitrogen and oxygen atoms in total. The van der Waals surface area contributed by atoms with Crippen molar-refractivity contribution in [2.75, 3.05) is 88.9 Å². The molecule has 3 aromatic carbocycles. The number of rotatable bonds is 18. The van der Waals surface area contributed by atoms with Gasteiger partial charge in [-0.1, -0.05) is 32.8 Å². The molecule has 5 aromatic rings. The highest BCUT2D eigenvalue weighted by atomic mass is 19.1. The van der Waals surface area contributed by atoms with Gasteiger partial charge in [0, 0.05) is 138 Å². The second-order valence-corrected chi connectivity index (χ2v) is 21.8. The molecule has 10 rings (SSSR count). The molecule has 6 heterocycles. The molecular formula is C59H70F2N10O6. The number of aromatic nitrogens is 3. The Bertz CT molecular complexity index is 3100. The zero-order valence-electron chi connectivity index (χ0n) is 44.7. The van der Waals surface area contributed by atoms with Crippen molar-refractivity contribution in [1.29, 1.82) is 0 Å². The topological polar surface area (TPSA) is 168 Å². The van der Waals surface area contributed by atoms with Crippen LogP contribution in [0.2, 0.25) is 0 Å². The number of anilines is 2. The molecule has 5 aliphatic rings. The third-order valence-corrected chi connectivity index (χ3v) is 17.0. The van der Waals surface area contributed by atoms with Crippen LogP contribution in [0.3, 0.4) is 0 Å². The van der Waals surface area contributed by atoms with E-state index in [1.807, 2.05) is 24.0 Å². The normalized spacial score (nSPS) is 20.4. The Labute approximate surface area is 449 Å². The number of nitrogens with zero attached hydrogens (tertiary/aromatic N) is 9. The number of phenolic OH excluding ortho intramolecular Hbond substituents is 1. The van der Waals surface area contributed by atoms with Crippen LogP contribution in [0, 0.1) is 35.3 Å². The molecule has 3 saturated heterocycles. The van der Waals surface area contributed by atoms with Crippen molar-refractivity contribution < 1.29 is 37.8 Å². The SMILES string of the molecule is C#Cc1c(F)ccc2cc(O)cc(-c3ncc4c(N5CC(CC)N(C(=O)CC)C(CC)C5)nc(OCC5(CN6CCN(CC7CCN(c8ccc9c(c8)CN(C(C=O)CCC(=O)NC)C9=O)CC7)CC6)CC5)nc4c3F)c12. The third kappa shape index (κ3) is 10.9. The van der Waals surface area contributed by atoms with Gasteiger partial charge in [-0.25, -0.2) is 8.78 Å². The van der Waals surface area contributed by atoms with E-state index in [9.17, 15) is 24.3 Å². The first-order valence-electron chi connectivity index (χ1n) is 27.5. The van der Waals surface area contributed by atoms with Crippen LogP contribution in [0.15, 0.2) is 48.7 Å². The Morgan fingerprint density at radius 1 is 0.948 bits per heavy atom. The number of phenols is 1. The molecule has 2 aromatic heterocycles. The first-order valence-corrected chi connectivity index (χ1v) is 27.5. The number of halogens is 2. The molecule has 3 amide bonds. The second kappa shape index (κ2) is 22.5. The van der Waals surface area contributed by atoms with E-state index in [-0.39, 0.29) is 87.5 Å². The Hall–Kier alpha value is -6.97. The van der Waals surface area contributed by atoms with Crippen LogP contribution in [0.4, 0.5) is 20.3 Å². The minimum atomic E-state index is -0.785. The van der Waals surface area contributed by atoms with E-state index in [2.05, 4.69) is 55.7 Å². The molecule has 3 unspecified atom stereocenters. The number of carbonyl (C=O) groups excluding carboxylic acids is 4. The van der Waals surface area contributed by atoms with Gasteiger partial charge in [0.05, 0.1) is 23.6 Å². The summed E-state index contributed by atoms with van der Waals surface area (Å²) in [5, 5.41) is 14.4. The molecule has 4 aliphatic heterocycles. The van der Waals surface area contributed by atoms with E-state index in [0.29, 0.717) is 60.7 Å². The molecular weight excluding hydrogens is 983 g/mol. The molecule has 1 aliphatic carbocycles. The van der Waals surface area contributed by atoms with E-state index < -0.39 is 17.7 Å². The van der Waals surface area contributed by atoms with Gasteiger partial charge in [-0.2, -0.15) is 9.97 Å². The fraction of sp³-hybridized carbons (Fsp3) is 0.508. The summed E-state index contributed by atoms with van der Waals surface area (Å²) >= 11 is 0. The van der Waals surface area contributed by atoms with Crippen LogP contribution in [0.5, 0.6) is 11.8 Å². The predicted octanol–water partition coefficient (Wildman–Crippen LogP) is 7.17. The zero-order valence-corrected chi connectivity index (χ0v) is 44.7. The zero-order chi connectivity index (χ0) is 54.1. The van der Waals surface area contributed by atoms with Crippen molar-refractivity contribution in [3.63, 3.8) is 0 Å². The fourth-order valence-corrected chi connectivity index (χ4v) is 12.3. The molecule has 0 bridgehead atoms. The van der Waals surface area contributed by atoms with Gasteiger partial charge in [0.2, 0.25) is 11.8 Å². The summed E-state index contributed by atoms with van der Waals surface area (Å²) in [6.07, 6.45) is 14.5. The van der Waals surface area contributed by atoms with Crippen molar-refractivity contribution in [2.24, 2.45) is 11.3 Å². The summed E-state index contributed by atoms with van der Waals surface area (Å²) < 4.78 is 39.2. The van der Waals surface area contributed by atoms with Crippen LogP contribution in [0.25, 0.3) is 32.9 Å². The van der Waals surface area contributed by atoms with Gasteiger partial charge in [-0.15, -0.1) is 6.42 Å². The van der Waals surface area contributed by atoms with Crippen molar-refractivity contribution in [3.8, 4) is 35.4 Å². The Morgan fingerprint density at radius 3 is 2.34 bits per heavy atom. The highest BCUT2D eigenvalue weighted by molar-refractivity contribution is 6.03. The summed E-state index contributed by atoms with van der Waals surface area (Å²) in [6, 6.07) is 10.7. The second-order valence-electron chi connectivity index (χ2n) is 21.8. The monoisotopic (exact) mass is 1050 g/mol. The predicted molar refractivity (Wildman–Crippen MR) is 292 cm³/mol. The maximum Gasteiger partial charge on any atom is 0.319 e. The molecule has 1 saturated carbocycles. The van der Waals surface area contributed by atoms with E-state index in [1.165, 1.54) is 30.5 Å². The van der Waals surface area contributed by atoms with Crippen LogP contribution in [-0.2, 0) is 20.9 Å². The van der Waals surface area contributed by atoms with Gasteiger partial charge < -0.3 is 49.4 Å². The van der Waals surface area contributed by atoms with Crippen molar-refractivity contribution in [3.05, 3.63) is 77.0 Å². The number of carbonyl (C=O) groups is 4. The summed E-state index contributed by atoms with van der Waals surface area (Å²) in [4.78, 5) is 77.9. The van der Waals surface area contributed by atoms with E-state index in [1.54, 1.807) is 11.9 Å². The molecule has 18 heteroatoms. The highest BCUT2D eigenvalue weighted by Gasteiger charge is 2.46. The standard InChI is InChI=1S/C59H70F2N10O6/c1-6-40-32-69(33-41(7-2)71(40)51(75)9-4)56-48-29-63-54(47-28-44(73)27-38-10-14-49(60)45(8-3)52(38)47)53(61)55(48)64-58(65-56)77-36-59(18-19-59)35-67-24-22-66(23-25-67)30-37-16-20-68(21-17-37)42-11-13-46-39(26-42)31-70(57(46)76)43(34-72)12-15-50(74)62-5/h3,10-11,13-14,26-29,34,37,40-41,43,73H,6-7,9,12,15-25,30-33,35-36H2,1-2,4-5H3,(H,62,74). The number of hydrogen-bond donors (Lipinski definition) is 2. The van der Waals surface area contributed by atoms with Gasteiger partial charge in [0.15, 0.2) is 5.82 Å². The number of terminal acetylenes is 1. The minimum absolute atomic E-state index is 0.0278. The summed E-state index contributed by atoms with van der Waals surface area (Å²) in [5.74, 6) is 1.63. The van der Waals surface area contributed by atoms with Crippen LogP contribution >= 0.6 is 0 Å². The number of amides is 3. The lowest BCUT2D eigenvalue weighted by Gasteiger charge is -2.47. The van der Waals surface area contributed by atoms with Crippen molar-refractivity contribution >= 4 is 57.2 Å². The number of aldehydes is 1.